The molecule has 3 rings (SSSR count). The van der Waals surface area contributed by atoms with Crippen LogP contribution in [-0.2, 0) is 6.54 Å². The average Bonchev–Trinajstić information content (AvgIpc) is 2.39. The van der Waals surface area contributed by atoms with Crippen LogP contribution in [-0.4, -0.2) is 41.3 Å². The number of hydrogen-bond donors (Lipinski definition) is 2. The number of likely N-dealkylation sites (tertiary alicyclic amines) is 1. The van der Waals surface area contributed by atoms with Gasteiger partial charge in [0, 0.05) is 25.7 Å². The molecular weight excluding hydrogens is 224 g/mol. The molecule has 2 aliphatic heterocycles. The SMILES string of the molecule is OC1(C2CCCCN2)CN(Cc2ccccc2)C1. The zero-order valence-corrected chi connectivity index (χ0v) is 10.8. The van der Waals surface area contributed by atoms with Gasteiger partial charge < -0.3 is 10.4 Å². The summed E-state index contributed by atoms with van der Waals surface area (Å²) in [6, 6.07) is 10.8. The Morgan fingerprint density at radius 1 is 1.22 bits per heavy atom. The predicted octanol–water partition coefficient (Wildman–Crippen LogP) is 1.38. The van der Waals surface area contributed by atoms with Crippen molar-refractivity contribution in [3.63, 3.8) is 0 Å². The lowest BCUT2D eigenvalue weighted by molar-refractivity contribution is -0.128. The van der Waals surface area contributed by atoms with E-state index in [4.69, 9.17) is 0 Å². The van der Waals surface area contributed by atoms with Crippen molar-refractivity contribution in [1.29, 1.82) is 0 Å². The van der Waals surface area contributed by atoms with Crippen molar-refractivity contribution in [2.45, 2.75) is 37.5 Å². The number of nitrogens with zero attached hydrogens (tertiary/aromatic N) is 1. The summed E-state index contributed by atoms with van der Waals surface area (Å²) in [7, 11) is 0. The van der Waals surface area contributed by atoms with E-state index in [1.165, 1.54) is 18.4 Å². The smallest absolute Gasteiger partial charge is 0.105 e. The molecule has 2 N–H and O–H groups in total. The van der Waals surface area contributed by atoms with E-state index in [1.54, 1.807) is 0 Å². The fourth-order valence-electron chi connectivity index (χ4n) is 3.21. The largest absolute Gasteiger partial charge is 0.386 e. The van der Waals surface area contributed by atoms with Crippen LogP contribution in [0.2, 0.25) is 0 Å². The quantitative estimate of drug-likeness (QED) is 0.845. The maximum atomic E-state index is 10.6. The molecule has 3 heteroatoms. The summed E-state index contributed by atoms with van der Waals surface area (Å²) < 4.78 is 0. The number of benzene rings is 1. The van der Waals surface area contributed by atoms with Gasteiger partial charge in [-0.15, -0.1) is 0 Å². The first kappa shape index (κ1) is 12.2. The number of rotatable bonds is 3. The van der Waals surface area contributed by atoms with Gasteiger partial charge in [-0.25, -0.2) is 0 Å². The molecule has 1 aromatic rings. The van der Waals surface area contributed by atoms with Gasteiger partial charge in [-0.3, -0.25) is 4.90 Å². The average molecular weight is 246 g/mol. The zero-order chi connectivity index (χ0) is 12.4. The van der Waals surface area contributed by atoms with Crippen molar-refractivity contribution in [2.24, 2.45) is 0 Å². The molecule has 1 atom stereocenters. The van der Waals surface area contributed by atoms with Crippen LogP contribution < -0.4 is 5.32 Å². The van der Waals surface area contributed by atoms with Crippen molar-refractivity contribution in [3.05, 3.63) is 35.9 Å². The first-order valence-corrected chi connectivity index (χ1v) is 6.98. The minimum Gasteiger partial charge on any atom is -0.386 e. The van der Waals surface area contributed by atoms with Crippen LogP contribution in [0.1, 0.15) is 24.8 Å². The molecule has 2 saturated heterocycles. The molecule has 0 radical (unpaired) electrons. The Morgan fingerprint density at radius 2 is 2.00 bits per heavy atom. The molecule has 98 valence electrons. The fourth-order valence-corrected chi connectivity index (χ4v) is 3.21. The second-order valence-corrected chi connectivity index (χ2v) is 5.74. The first-order valence-electron chi connectivity index (χ1n) is 6.98. The molecule has 0 saturated carbocycles. The van der Waals surface area contributed by atoms with Gasteiger partial charge in [0.05, 0.1) is 0 Å². The van der Waals surface area contributed by atoms with Gasteiger partial charge in [0.15, 0.2) is 0 Å². The van der Waals surface area contributed by atoms with E-state index < -0.39 is 5.60 Å². The Morgan fingerprint density at radius 3 is 2.67 bits per heavy atom. The van der Waals surface area contributed by atoms with Crippen LogP contribution in [0.3, 0.4) is 0 Å². The van der Waals surface area contributed by atoms with Crippen LogP contribution in [0, 0.1) is 0 Å². The monoisotopic (exact) mass is 246 g/mol. The van der Waals surface area contributed by atoms with Gasteiger partial charge >= 0.3 is 0 Å². The lowest BCUT2D eigenvalue weighted by atomic mass is 9.81. The van der Waals surface area contributed by atoms with Crippen LogP contribution in [0.15, 0.2) is 30.3 Å². The normalized spacial score (nSPS) is 27.7. The van der Waals surface area contributed by atoms with Crippen molar-refractivity contribution in [2.75, 3.05) is 19.6 Å². The molecule has 2 fully saturated rings. The van der Waals surface area contributed by atoms with Gasteiger partial charge in [-0.05, 0) is 24.9 Å². The first-order chi connectivity index (χ1) is 8.76. The third-order valence-electron chi connectivity index (χ3n) is 4.20. The third kappa shape index (κ3) is 2.44. The second-order valence-electron chi connectivity index (χ2n) is 5.74. The van der Waals surface area contributed by atoms with E-state index in [0.717, 1.165) is 32.6 Å². The summed E-state index contributed by atoms with van der Waals surface area (Å²) in [5.41, 5.74) is 0.839. The highest BCUT2D eigenvalue weighted by atomic mass is 16.3. The molecule has 0 aliphatic carbocycles. The van der Waals surface area contributed by atoms with Gasteiger partial charge in [0.1, 0.15) is 5.60 Å². The Balaban J connectivity index is 1.52. The van der Waals surface area contributed by atoms with E-state index >= 15 is 0 Å². The van der Waals surface area contributed by atoms with Gasteiger partial charge in [0.25, 0.3) is 0 Å². The van der Waals surface area contributed by atoms with Gasteiger partial charge in [0.2, 0.25) is 0 Å². The molecule has 0 aromatic heterocycles. The minimum atomic E-state index is -0.491. The highest BCUT2D eigenvalue weighted by Gasteiger charge is 2.47. The minimum absolute atomic E-state index is 0.304. The molecular formula is C15H22N2O. The third-order valence-corrected chi connectivity index (χ3v) is 4.20. The maximum absolute atomic E-state index is 10.6. The van der Waals surface area contributed by atoms with E-state index in [9.17, 15) is 5.11 Å². The molecule has 0 amide bonds. The van der Waals surface area contributed by atoms with E-state index in [2.05, 4.69) is 34.5 Å². The van der Waals surface area contributed by atoms with Gasteiger partial charge in [-0.1, -0.05) is 36.8 Å². The molecule has 18 heavy (non-hydrogen) atoms. The van der Waals surface area contributed by atoms with Crippen molar-refractivity contribution >= 4 is 0 Å². The number of piperidine rings is 1. The van der Waals surface area contributed by atoms with E-state index in [1.807, 2.05) is 6.07 Å². The molecule has 1 aromatic carbocycles. The van der Waals surface area contributed by atoms with Crippen molar-refractivity contribution in [1.82, 2.24) is 10.2 Å². The van der Waals surface area contributed by atoms with Crippen LogP contribution in [0.4, 0.5) is 0 Å². The number of β-amino-alcohol motifs (C(OH)–C–C–N with tert-alkyl or cyclic N) is 1. The maximum Gasteiger partial charge on any atom is 0.105 e. The molecule has 1 unspecified atom stereocenters. The molecule has 0 bridgehead atoms. The van der Waals surface area contributed by atoms with Crippen LogP contribution in [0.5, 0.6) is 0 Å². The highest BCUT2D eigenvalue weighted by molar-refractivity contribution is 5.16. The molecule has 2 heterocycles. The summed E-state index contributed by atoms with van der Waals surface area (Å²) in [5.74, 6) is 0. The summed E-state index contributed by atoms with van der Waals surface area (Å²) in [6.45, 7) is 3.63. The summed E-state index contributed by atoms with van der Waals surface area (Å²) >= 11 is 0. The summed E-state index contributed by atoms with van der Waals surface area (Å²) in [6.07, 6.45) is 3.62. The standard InChI is InChI=1S/C15H22N2O/c18-15(14-8-4-5-9-16-14)11-17(12-15)10-13-6-2-1-3-7-13/h1-3,6-7,14,16,18H,4-5,8-12H2. The predicted molar refractivity (Wildman–Crippen MR) is 72.3 cm³/mol. The summed E-state index contributed by atoms with van der Waals surface area (Å²) in [5, 5.41) is 14.0. The highest BCUT2D eigenvalue weighted by Crippen LogP contribution is 2.29. The van der Waals surface area contributed by atoms with Crippen LogP contribution in [0.25, 0.3) is 0 Å². The lowest BCUT2D eigenvalue weighted by Crippen LogP contribution is -2.70. The number of aliphatic hydroxyl groups is 1. The molecule has 3 nitrogen and oxygen atoms in total. The second kappa shape index (κ2) is 5.00. The van der Waals surface area contributed by atoms with E-state index in [-0.39, 0.29) is 0 Å². The molecule has 0 spiro atoms. The van der Waals surface area contributed by atoms with E-state index in [0.29, 0.717) is 6.04 Å². The van der Waals surface area contributed by atoms with Gasteiger partial charge in [-0.2, -0.15) is 0 Å². The van der Waals surface area contributed by atoms with Crippen molar-refractivity contribution < 1.29 is 5.11 Å². The van der Waals surface area contributed by atoms with Crippen LogP contribution >= 0.6 is 0 Å². The summed E-state index contributed by atoms with van der Waals surface area (Å²) in [4.78, 5) is 2.33. The fraction of sp³-hybridized carbons (Fsp3) is 0.600. The molecule has 2 aliphatic rings. The van der Waals surface area contributed by atoms with Crippen molar-refractivity contribution in [3.8, 4) is 0 Å². The number of nitrogens with one attached hydrogen (secondary N) is 1. The Kier molecular flexibility index (Phi) is 3.37. The Bertz CT molecular complexity index is 381. The Labute approximate surface area is 109 Å². The number of hydrogen-bond acceptors (Lipinski definition) is 3. The lowest BCUT2D eigenvalue weighted by Gasteiger charge is -2.52. The Hall–Kier alpha value is -0.900. The topological polar surface area (TPSA) is 35.5 Å². The zero-order valence-electron chi connectivity index (χ0n) is 10.8.